The van der Waals surface area contributed by atoms with Gasteiger partial charge in [0.1, 0.15) is 0 Å². The molecule has 0 N–H and O–H groups in total. The van der Waals surface area contributed by atoms with Crippen molar-refractivity contribution in [3.63, 3.8) is 0 Å². The molecule has 186 valence electrons. The standard InChI is InChI=1S/C25H41FO5Si2/c1-24(2,3)32(7,8)30-17-20(31-33(9,10)25(4,5)6)16-21(26)22(27)18-29-23(28)19-14-12-11-13-15-19/h11-16,20H,17-18H2,1-10H3/b21-16+/t20-/m1/s1. The maximum atomic E-state index is 14.8. The maximum absolute atomic E-state index is 14.8. The summed E-state index contributed by atoms with van der Waals surface area (Å²) in [4.78, 5) is 24.4. The molecule has 0 heterocycles. The van der Waals surface area contributed by atoms with Gasteiger partial charge < -0.3 is 13.6 Å². The van der Waals surface area contributed by atoms with Crippen LogP contribution in [0.25, 0.3) is 0 Å². The monoisotopic (exact) mass is 496 g/mol. The third-order valence-corrected chi connectivity index (χ3v) is 15.6. The predicted octanol–water partition coefficient (Wildman–Crippen LogP) is 6.68. The highest BCUT2D eigenvalue weighted by molar-refractivity contribution is 6.74. The molecule has 0 saturated carbocycles. The molecule has 0 aliphatic heterocycles. The van der Waals surface area contributed by atoms with Gasteiger partial charge in [0.25, 0.3) is 0 Å². The molecule has 0 spiro atoms. The van der Waals surface area contributed by atoms with Crippen LogP contribution in [0.4, 0.5) is 4.39 Å². The lowest BCUT2D eigenvalue weighted by atomic mass is 10.2. The minimum Gasteiger partial charge on any atom is -0.454 e. The van der Waals surface area contributed by atoms with Crippen LogP contribution in [0.5, 0.6) is 0 Å². The van der Waals surface area contributed by atoms with E-state index in [1.54, 1.807) is 30.3 Å². The Morgan fingerprint density at radius 2 is 1.45 bits per heavy atom. The summed E-state index contributed by atoms with van der Waals surface area (Å²) < 4.78 is 32.5. The number of carbonyl (C=O) groups is 2. The molecule has 1 aromatic rings. The van der Waals surface area contributed by atoms with Gasteiger partial charge in [-0.05, 0) is 54.5 Å². The van der Waals surface area contributed by atoms with E-state index in [0.717, 1.165) is 0 Å². The lowest BCUT2D eigenvalue weighted by molar-refractivity contribution is -0.120. The quantitative estimate of drug-likeness (QED) is 0.205. The van der Waals surface area contributed by atoms with E-state index < -0.39 is 46.9 Å². The van der Waals surface area contributed by atoms with Gasteiger partial charge in [-0.2, -0.15) is 0 Å². The lowest BCUT2D eigenvalue weighted by Crippen LogP contribution is -2.47. The molecule has 0 fully saturated rings. The number of ketones is 1. The van der Waals surface area contributed by atoms with Gasteiger partial charge in [-0.25, -0.2) is 9.18 Å². The summed E-state index contributed by atoms with van der Waals surface area (Å²) in [6, 6.07) is 8.27. The van der Waals surface area contributed by atoms with Crippen molar-refractivity contribution in [3.05, 3.63) is 47.8 Å². The van der Waals surface area contributed by atoms with Crippen LogP contribution >= 0.6 is 0 Å². The van der Waals surface area contributed by atoms with Crippen LogP contribution < -0.4 is 0 Å². The fourth-order valence-corrected chi connectivity index (χ4v) is 4.55. The fourth-order valence-electron chi connectivity index (χ4n) is 2.29. The number of ether oxygens (including phenoxy) is 1. The Kier molecular flexibility index (Phi) is 9.99. The average molecular weight is 497 g/mol. The Hall–Kier alpha value is -1.62. The largest absolute Gasteiger partial charge is 0.454 e. The molecule has 1 aromatic carbocycles. The van der Waals surface area contributed by atoms with E-state index in [-0.39, 0.29) is 16.7 Å². The molecule has 0 radical (unpaired) electrons. The number of halogens is 1. The topological polar surface area (TPSA) is 61.8 Å². The van der Waals surface area contributed by atoms with Crippen LogP contribution in [-0.2, 0) is 18.4 Å². The summed E-state index contributed by atoms with van der Waals surface area (Å²) >= 11 is 0. The fraction of sp³-hybridized carbons (Fsp3) is 0.600. The number of hydrogen-bond donors (Lipinski definition) is 0. The first-order valence-corrected chi connectivity index (χ1v) is 17.1. The highest BCUT2D eigenvalue weighted by Gasteiger charge is 2.41. The second kappa shape index (κ2) is 11.2. The van der Waals surface area contributed by atoms with Crippen molar-refractivity contribution in [1.29, 1.82) is 0 Å². The van der Waals surface area contributed by atoms with Crippen molar-refractivity contribution in [1.82, 2.24) is 0 Å². The molecule has 0 aromatic heterocycles. The number of benzene rings is 1. The summed E-state index contributed by atoms with van der Waals surface area (Å²) in [7, 11) is -4.37. The van der Waals surface area contributed by atoms with Gasteiger partial charge in [0.2, 0.25) is 5.78 Å². The Bertz CT molecular complexity index is 837. The maximum Gasteiger partial charge on any atom is 0.338 e. The van der Waals surface area contributed by atoms with E-state index in [0.29, 0.717) is 5.56 Å². The average Bonchev–Trinajstić information content (AvgIpc) is 2.68. The number of hydrogen-bond acceptors (Lipinski definition) is 5. The molecule has 8 heteroatoms. The molecule has 1 atom stereocenters. The van der Waals surface area contributed by atoms with E-state index in [1.807, 2.05) is 0 Å². The molecule has 5 nitrogen and oxygen atoms in total. The van der Waals surface area contributed by atoms with Crippen LogP contribution in [0.3, 0.4) is 0 Å². The lowest BCUT2D eigenvalue weighted by Gasteiger charge is -2.41. The summed E-state index contributed by atoms with van der Waals surface area (Å²) in [5, 5.41) is -0.111. The smallest absolute Gasteiger partial charge is 0.338 e. The zero-order chi connectivity index (χ0) is 25.7. The Morgan fingerprint density at radius 1 is 0.939 bits per heavy atom. The summed E-state index contributed by atoms with van der Waals surface area (Å²) in [5.41, 5.74) is 0.302. The van der Waals surface area contributed by atoms with Gasteiger partial charge in [-0.3, -0.25) is 4.79 Å². The van der Waals surface area contributed by atoms with Crippen LogP contribution in [0, 0.1) is 0 Å². The molecule has 0 aliphatic rings. The van der Waals surface area contributed by atoms with Gasteiger partial charge in [0.05, 0.1) is 18.3 Å². The molecular weight excluding hydrogens is 455 g/mol. The van der Waals surface area contributed by atoms with E-state index in [9.17, 15) is 14.0 Å². The second-order valence-corrected chi connectivity index (χ2v) is 20.9. The van der Waals surface area contributed by atoms with Crippen molar-refractivity contribution in [3.8, 4) is 0 Å². The Balaban J connectivity index is 2.98. The van der Waals surface area contributed by atoms with Gasteiger partial charge in [0, 0.05) is 0 Å². The minimum absolute atomic E-state index is 0.0156. The summed E-state index contributed by atoms with van der Waals surface area (Å²) in [6.45, 7) is 20.5. The summed E-state index contributed by atoms with van der Waals surface area (Å²) in [6.07, 6.45) is 0.459. The van der Waals surface area contributed by atoms with E-state index in [4.69, 9.17) is 13.6 Å². The number of Topliss-reactive ketones (excluding diaryl/α,β-unsaturated/α-hetero) is 1. The van der Waals surface area contributed by atoms with Crippen molar-refractivity contribution in [2.24, 2.45) is 0 Å². The van der Waals surface area contributed by atoms with Gasteiger partial charge in [0.15, 0.2) is 29.1 Å². The van der Waals surface area contributed by atoms with Gasteiger partial charge in [-0.1, -0.05) is 59.7 Å². The van der Waals surface area contributed by atoms with Crippen molar-refractivity contribution < 1.29 is 27.6 Å². The number of esters is 1. The first kappa shape index (κ1) is 29.4. The molecule has 1 rings (SSSR count). The van der Waals surface area contributed by atoms with E-state index in [2.05, 4.69) is 67.7 Å². The number of rotatable bonds is 10. The molecule has 0 unspecified atom stereocenters. The van der Waals surface area contributed by atoms with E-state index in [1.165, 1.54) is 6.08 Å². The van der Waals surface area contributed by atoms with E-state index >= 15 is 0 Å². The van der Waals surface area contributed by atoms with Crippen molar-refractivity contribution >= 4 is 28.4 Å². The first-order valence-electron chi connectivity index (χ1n) is 11.3. The highest BCUT2D eigenvalue weighted by atomic mass is 28.4. The van der Waals surface area contributed by atoms with Crippen molar-refractivity contribution in [2.45, 2.75) is 83.9 Å². The molecule has 0 saturated heterocycles. The zero-order valence-corrected chi connectivity index (χ0v) is 23.9. The highest BCUT2D eigenvalue weighted by Crippen LogP contribution is 2.39. The predicted molar refractivity (Wildman–Crippen MR) is 136 cm³/mol. The summed E-state index contributed by atoms with van der Waals surface area (Å²) in [5.74, 6) is -2.57. The molecular formula is C25H41FO5Si2. The molecule has 0 amide bonds. The third-order valence-electron chi connectivity index (χ3n) is 6.61. The Morgan fingerprint density at radius 3 is 1.94 bits per heavy atom. The first-order chi connectivity index (χ1) is 14.9. The third kappa shape index (κ3) is 8.92. The zero-order valence-electron chi connectivity index (χ0n) is 21.9. The molecule has 0 aliphatic carbocycles. The van der Waals surface area contributed by atoms with Crippen LogP contribution in [0.1, 0.15) is 51.9 Å². The second-order valence-electron chi connectivity index (χ2n) is 11.4. The van der Waals surface area contributed by atoms with Gasteiger partial charge >= 0.3 is 5.97 Å². The Labute approximate surface area is 201 Å². The molecule has 33 heavy (non-hydrogen) atoms. The van der Waals surface area contributed by atoms with Crippen LogP contribution in [0.15, 0.2) is 42.2 Å². The minimum atomic E-state index is -2.26. The van der Waals surface area contributed by atoms with Crippen molar-refractivity contribution in [2.75, 3.05) is 13.2 Å². The normalized spacial score (nSPS) is 14.7. The SMILES string of the molecule is CC(C)(C)[Si](C)(C)OC[C@@H](/C=C(/F)C(=O)COC(=O)c1ccccc1)O[Si](C)(C)C(C)(C)C. The molecule has 0 bridgehead atoms. The van der Waals surface area contributed by atoms with Crippen LogP contribution in [-0.4, -0.2) is 47.7 Å². The van der Waals surface area contributed by atoms with Crippen LogP contribution in [0.2, 0.25) is 36.3 Å². The number of carbonyl (C=O) groups excluding carboxylic acids is 2. The van der Waals surface area contributed by atoms with Gasteiger partial charge in [-0.15, -0.1) is 0 Å².